The first-order valence-corrected chi connectivity index (χ1v) is 8.94. The van der Waals surface area contributed by atoms with Crippen molar-refractivity contribution in [1.29, 1.82) is 0 Å². The number of aromatic carboxylic acids is 1. The van der Waals surface area contributed by atoms with Gasteiger partial charge in [0.25, 0.3) is 11.8 Å². The molecule has 0 aliphatic carbocycles. The predicted octanol–water partition coefficient (Wildman–Crippen LogP) is 2.61. The molecule has 30 heavy (non-hydrogen) atoms. The maximum absolute atomic E-state index is 12.4. The van der Waals surface area contributed by atoms with Crippen LogP contribution >= 0.6 is 0 Å². The van der Waals surface area contributed by atoms with Gasteiger partial charge in [-0.15, -0.1) is 6.58 Å². The van der Waals surface area contributed by atoms with Gasteiger partial charge < -0.3 is 9.84 Å². The summed E-state index contributed by atoms with van der Waals surface area (Å²) in [6.07, 6.45) is 2.79. The van der Waals surface area contributed by atoms with E-state index in [1.807, 2.05) is 0 Å². The third-order valence-corrected chi connectivity index (χ3v) is 4.29. The summed E-state index contributed by atoms with van der Waals surface area (Å²) in [5.74, 6) is -1.87. The predicted molar refractivity (Wildman–Crippen MR) is 108 cm³/mol. The molecule has 8 nitrogen and oxygen atoms in total. The molecular formula is C22H18N2O6. The molecular weight excluding hydrogens is 388 g/mol. The Hall–Kier alpha value is -4.20. The molecule has 0 saturated carbocycles. The smallest absolute Gasteiger partial charge is 0.335 e. The highest BCUT2D eigenvalue weighted by molar-refractivity contribution is 6.31. The molecule has 2 N–H and O–H groups in total. The number of nitrogens with zero attached hydrogens (tertiary/aromatic N) is 1. The van der Waals surface area contributed by atoms with Gasteiger partial charge in [0.2, 0.25) is 0 Å². The van der Waals surface area contributed by atoms with Gasteiger partial charge in [-0.3, -0.25) is 19.8 Å². The van der Waals surface area contributed by atoms with Gasteiger partial charge in [-0.05, 0) is 41.5 Å². The van der Waals surface area contributed by atoms with E-state index in [0.29, 0.717) is 11.3 Å². The van der Waals surface area contributed by atoms with Crippen LogP contribution in [0.4, 0.5) is 4.79 Å². The largest absolute Gasteiger partial charge is 0.489 e. The average Bonchev–Trinajstić information content (AvgIpc) is 2.74. The molecule has 1 saturated heterocycles. The number of imide groups is 2. The summed E-state index contributed by atoms with van der Waals surface area (Å²) in [7, 11) is 0. The molecule has 1 aliphatic rings. The number of rotatable bonds is 7. The summed E-state index contributed by atoms with van der Waals surface area (Å²) in [5, 5.41) is 11.0. The van der Waals surface area contributed by atoms with Gasteiger partial charge >= 0.3 is 12.0 Å². The van der Waals surface area contributed by atoms with Gasteiger partial charge in [0, 0.05) is 6.54 Å². The summed E-state index contributed by atoms with van der Waals surface area (Å²) in [6.45, 7) is 3.74. The number of carbonyl (C=O) groups is 4. The van der Waals surface area contributed by atoms with Crippen molar-refractivity contribution >= 4 is 29.9 Å². The van der Waals surface area contributed by atoms with Gasteiger partial charge in [-0.1, -0.05) is 30.3 Å². The number of carbonyl (C=O) groups excluding carboxylic acids is 3. The standard InChI is InChI=1S/C22H18N2O6/c1-2-11-24-20(26)18(19(25)23-22(24)29)12-14-5-9-17(10-6-14)30-13-15-3-7-16(8-4-15)21(27)28/h2-10,12H,1,11,13H2,(H,27,28)(H,23,25,29). The highest BCUT2D eigenvalue weighted by atomic mass is 16.5. The molecule has 0 unspecified atom stereocenters. The number of hydrogen-bond donors (Lipinski definition) is 2. The van der Waals surface area contributed by atoms with Crippen LogP contribution in [0.5, 0.6) is 5.75 Å². The van der Waals surface area contributed by atoms with Crippen LogP contribution in [0, 0.1) is 0 Å². The molecule has 0 atom stereocenters. The molecule has 0 radical (unpaired) electrons. The Morgan fingerprint density at radius 1 is 1.07 bits per heavy atom. The number of hydrogen-bond acceptors (Lipinski definition) is 5. The second-order valence-corrected chi connectivity index (χ2v) is 6.38. The maximum Gasteiger partial charge on any atom is 0.335 e. The second-order valence-electron chi connectivity index (χ2n) is 6.38. The first kappa shape index (κ1) is 20.5. The van der Waals surface area contributed by atoms with Crippen LogP contribution in [-0.4, -0.2) is 40.4 Å². The lowest BCUT2D eigenvalue weighted by Crippen LogP contribution is -2.54. The van der Waals surface area contributed by atoms with E-state index in [2.05, 4.69) is 11.9 Å². The van der Waals surface area contributed by atoms with Crippen molar-refractivity contribution < 1.29 is 29.0 Å². The minimum Gasteiger partial charge on any atom is -0.489 e. The number of carboxylic acids is 1. The Morgan fingerprint density at radius 3 is 2.33 bits per heavy atom. The third kappa shape index (κ3) is 4.61. The molecule has 2 aromatic rings. The summed E-state index contributed by atoms with van der Waals surface area (Å²) >= 11 is 0. The van der Waals surface area contributed by atoms with Crippen molar-refractivity contribution in [2.24, 2.45) is 0 Å². The molecule has 3 rings (SSSR count). The normalized spacial score (nSPS) is 15.1. The Labute approximate surface area is 172 Å². The van der Waals surface area contributed by atoms with Crippen LogP contribution in [0.2, 0.25) is 0 Å². The number of ether oxygens (including phenoxy) is 1. The number of urea groups is 1. The van der Waals surface area contributed by atoms with E-state index < -0.39 is 23.8 Å². The number of amides is 4. The van der Waals surface area contributed by atoms with Gasteiger partial charge in [-0.2, -0.15) is 0 Å². The van der Waals surface area contributed by atoms with E-state index in [9.17, 15) is 19.2 Å². The minimum absolute atomic E-state index is 0.00446. The fourth-order valence-corrected chi connectivity index (χ4v) is 2.73. The molecule has 1 fully saturated rings. The molecule has 1 heterocycles. The van der Waals surface area contributed by atoms with Crippen molar-refractivity contribution in [3.63, 3.8) is 0 Å². The number of barbiturate groups is 1. The molecule has 0 spiro atoms. The fourth-order valence-electron chi connectivity index (χ4n) is 2.73. The van der Waals surface area contributed by atoms with E-state index >= 15 is 0 Å². The lowest BCUT2D eigenvalue weighted by Gasteiger charge is -2.25. The van der Waals surface area contributed by atoms with Crippen LogP contribution in [-0.2, 0) is 16.2 Å². The summed E-state index contributed by atoms with van der Waals surface area (Å²) < 4.78 is 5.66. The van der Waals surface area contributed by atoms with Crippen LogP contribution < -0.4 is 10.1 Å². The van der Waals surface area contributed by atoms with Crippen LogP contribution in [0.3, 0.4) is 0 Å². The molecule has 0 aromatic heterocycles. The molecule has 4 amide bonds. The van der Waals surface area contributed by atoms with E-state index in [0.717, 1.165) is 10.5 Å². The second kappa shape index (κ2) is 8.87. The maximum atomic E-state index is 12.4. The highest BCUT2D eigenvalue weighted by Crippen LogP contribution is 2.19. The first-order valence-electron chi connectivity index (χ1n) is 8.94. The quantitative estimate of drug-likeness (QED) is 0.415. The topological polar surface area (TPSA) is 113 Å². The van der Waals surface area contributed by atoms with Crippen molar-refractivity contribution in [2.75, 3.05) is 6.54 Å². The van der Waals surface area contributed by atoms with Crippen LogP contribution in [0.25, 0.3) is 6.08 Å². The lowest BCUT2D eigenvalue weighted by molar-refractivity contribution is -0.129. The number of benzene rings is 2. The molecule has 0 bridgehead atoms. The van der Waals surface area contributed by atoms with E-state index in [1.54, 1.807) is 36.4 Å². The monoisotopic (exact) mass is 406 g/mol. The van der Waals surface area contributed by atoms with Crippen molar-refractivity contribution in [3.05, 3.63) is 83.4 Å². The summed E-state index contributed by atoms with van der Waals surface area (Å²) in [4.78, 5) is 47.9. The number of nitrogens with one attached hydrogen (secondary N) is 1. The molecule has 2 aromatic carbocycles. The van der Waals surface area contributed by atoms with E-state index in [-0.39, 0.29) is 24.3 Å². The summed E-state index contributed by atoms with van der Waals surface area (Å²) in [5.41, 5.74) is 1.44. The first-order chi connectivity index (χ1) is 14.4. The van der Waals surface area contributed by atoms with Gasteiger partial charge in [0.05, 0.1) is 5.56 Å². The highest BCUT2D eigenvalue weighted by Gasteiger charge is 2.34. The minimum atomic E-state index is -0.991. The van der Waals surface area contributed by atoms with Crippen LogP contribution in [0.1, 0.15) is 21.5 Å². The zero-order valence-corrected chi connectivity index (χ0v) is 15.8. The number of carboxylic acid groups (broad SMARTS) is 1. The van der Waals surface area contributed by atoms with Crippen molar-refractivity contribution in [3.8, 4) is 5.75 Å². The Morgan fingerprint density at radius 2 is 1.73 bits per heavy atom. The van der Waals surface area contributed by atoms with E-state index in [4.69, 9.17) is 9.84 Å². The SMILES string of the molecule is C=CCN1C(=O)NC(=O)C(=Cc2ccc(OCc3ccc(C(=O)O)cc3)cc2)C1=O. The van der Waals surface area contributed by atoms with Crippen molar-refractivity contribution in [2.45, 2.75) is 6.61 Å². The van der Waals surface area contributed by atoms with Gasteiger partial charge in [-0.25, -0.2) is 9.59 Å². The van der Waals surface area contributed by atoms with Gasteiger partial charge in [0.15, 0.2) is 0 Å². The molecule has 152 valence electrons. The van der Waals surface area contributed by atoms with Crippen molar-refractivity contribution in [1.82, 2.24) is 10.2 Å². The Balaban J connectivity index is 1.68. The Kier molecular flexibility index (Phi) is 6.07. The molecule has 1 aliphatic heterocycles. The van der Waals surface area contributed by atoms with Gasteiger partial charge in [0.1, 0.15) is 17.9 Å². The summed E-state index contributed by atoms with van der Waals surface area (Å²) in [6, 6.07) is 12.3. The average molecular weight is 406 g/mol. The third-order valence-electron chi connectivity index (χ3n) is 4.29. The molecule has 8 heteroatoms. The van der Waals surface area contributed by atoms with Crippen LogP contribution in [0.15, 0.2) is 66.8 Å². The Bertz CT molecular complexity index is 1040. The zero-order chi connectivity index (χ0) is 21.7. The zero-order valence-electron chi connectivity index (χ0n) is 15.8. The van der Waals surface area contributed by atoms with E-state index in [1.165, 1.54) is 24.3 Å². The fraction of sp³-hybridized carbons (Fsp3) is 0.0909. The lowest BCUT2D eigenvalue weighted by atomic mass is 10.1.